The van der Waals surface area contributed by atoms with Gasteiger partial charge in [-0.1, -0.05) is 0 Å². The molecule has 0 bridgehead atoms. The summed E-state index contributed by atoms with van der Waals surface area (Å²) < 4.78 is 6.47. The third kappa shape index (κ3) is 20.0. The maximum Gasteiger partial charge on any atom is 2.00 e. The monoisotopic (exact) mass is 176 g/mol. The molecule has 0 aliphatic carbocycles. The van der Waals surface area contributed by atoms with E-state index in [1.807, 2.05) is 0 Å². The molecule has 5 heteroatoms. The molecular weight excluding hydrogens is 172 g/mol. The molecule has 0 aliphatic rings. The van der Waals surface area contributed by atoms with Gasteiger partial charge in [-0.2, -0.15) is 0 Å². The molecule has 0 radical (unpaired) electrons. The van der Waals surface area contributed by atoms with E-state index >= 15 is 0 Å². The standard InChI is InChI=1S/Ca.ClHO.Fe.Mg.4H/c;1-2;;;;;;/h;2H;;;;;;/q+2;;;+2;4*-1. The largest absolute Gasteiger partial charge is 2.00 e. The van der Waals surface area contributed by atoms with E-state index < -0.39 is 0 Å². The van der Waals surface area contributed by atoms with Crippen molar-refractivity contribution in [3.8, 4) is 0 Å². The van der Waals surface area contributed by atoms with Crippen molar-refractivity contribution in [1.29, 1.82) is 0 Å². The molecule has 0 amide bonds. The summed E-state index contributed by atoms with van der Waals surface area (Å²) in [7, 11) is 0. The van der Waals surface area contributed by atoms with E-state index in [2.05, 4.69) is 11.9 Å². The van der Waals surface area contributed by atoms with Gasteiger partial charge in [-0.05, 0) is 0 Å². The molecule has 0 spiro atoms. The van der Waals surface area contributed by atoms with E-state index in [9.17, 15) is 0 Å². The molecule has 0 saturated carbocycles. The summed E-state index contributed by atoms with van der Waals surface area (Å²) in [6.45, 7) is 0. The first-order valence-electron chi connectivity index (χ1n) is 0.169. The maximum atomic E-state index is 6.47. The van der Waals surface area contributed by atoms with Crippen LogP contribution in [0.5, 0.6) is 0 Å². The molecule has 0 fully saturated rings. The van der Waals surface area contributed by atoms with Crippen molar-refractivity contribution >= 4 is 72.7 Å². The molecule has 0 saturated heterocycles. The molecule has 1 nitrogen and oxygen atoms in total. The van der Waals surface area contributed by atoms with Crippen LogP contribution in [0.3, 0.4) is 0 Å². The van der Waals surface area contributed by atoms with Gasteiger partial charge >= 0.3 is 60.8 Å². The van der Waals surface area contributed by atoms with Crippen LogP contribution >= 0.6 is 11.9 Å². The summed E-state index contributed by atoms with van der Waals surface area (Å²) in [6, 6.07) is 0. The molecule has 0 aromatic carbocycles. The Morgan fingerprint density at radius 2 is 1.40 bits per heavy atom. The quantitative estimate of drug-likeness (QED) is 0.508. The van der Waals surface area contributed by atoms with Crippen molar-refractivity contribution in [3.05, 3.63) is 0 Å². The minimum atomic E-state index is 0. The van der Waals surface area contributed by atoms with Crippen LogP contribution in [0.15, 0.2) is 0 Å². The third-order valence-corrected chi connectivity index (χ3v) is 0. The van der Waals surface area contributed by atoms with E-state index in [0.29, 0.717) is 0 Å². The molecule has 0 atom stereocenters. The summed E-state index contributed by atoms with van der Waals surface area (Å²) >= 11 is 3.64. The van der Waals surface area contributed by atoms with Crippen LogP contribution in [0.25, 0.3) is 0 Å². The van der Waals surface area contributed by atoms with Crippen molar-refractivity contribution in [2.24, 2.45) is 0 Å². The Hall–Kier alpha value is 2.80. The average molecular weight is 177 g/mol. The fourth-order valence-corrected chi connectivity index (χ4v) is 0. The number of hydrogen-bond acceptors (Lipinski definition) is 1. The summed E-state index contributed by atoms with van der Waals surface area (Å²) in [6.07, 6.45) is 0. The molecule has 0 aromatic rings. The Morgan fingerprint density at radius 3 is 1.40 bits per heavy atom. The first kappa shape index (κ1) is 25.0. The third-order valence-electron chi connectivity index (χ3n) is 0. The fourth-order valence-electron chi connectivity index (χ4n) is 0. The molecule has 0 aromatic heterocycles. The zero-order chi connectivity index (χ0) is 2.00. The van der Waals surface area contributed by atoms with Gasteiger partial charge < -0.3 is 5.71 Å². The Kier molecular flexibility index (Phi) is 146. The molecule has 0 aliphatic heterocycles. The average Bonchev–Trinajstić information content (AvgIpc) is 1.00. The van der Waals surface area contributed by atoms with Gasteiger partial charge in [-0.15, -0.1) is 0 Å². The first-order valence-corrected chi connectivity index (χ1v) is 0.507. The van der Waals surface area contributed by atoms with Crippen LogP contribution in [-0.2, 0) is 17.1 Å². The normalized spacial score (nSPS) is 1.20. The van der Waals surface area contributed by atoms with Crippen LogP contribution in [0.4, 0.5) is 0 Å². The van der Waals surface area contributed by atoms with E-state index in [1.165, 1.54) is 0 Å². The predicted octanol–water partition coefficient (Wildman–Crippen LogP) is -0.182. The van der Waals surface area contributed by atoms with Crippen LogP contribution in [-0.4, -0.2) is 65.5 Å². The van der Waals surface area contributed by atoms with Crippen LogP contribution in [0.2, 0.25) is 0 Å². The van der Waals surface area contributed by atoms with E-state index in [0.717, 1.165) is 0 Å². The van der Waals surface area contributed by atoms with Crippen molar-refractivity contribution in [3.63, 3.8) is 0 Å². The van der Waals surface area contributed by atoms with Crippen LogP contribution < -0.4 is 0 Å². The van der Waals surface area contributed by atoms with Gasteiger partial charge in [-0.3, -0.25) is 4.66 Å². The molecule has 0 unspecified atom stereocenters. The van der Waals surface area contributed by atoms with Crippen LogP contribution in [0.1, 0.15) is 5.71 Å². The molecule has 5 heavy (non-hydrogen) atoms. The molecule has 1 N–H and O–H groups in total. The Bertz CT molecular complexity index is 20.5. The first-order chi connectivity index (χ1) is 1.00. The predicted molar refractivity (Wildman–Crippen MR) is 24.0 cm³/mol. The number of hydrogen-bond donors (Lipinski definition) is 1. The summed E-state index contributed by atoms with van der Waals surface area (Å²) in [5.74, 6) is 0. The second kappa shape index (κ2) is 29.2. The summed E-state index contributed by atoms with van der Waals surface area (Å²) in [5.41, 5.74) is 0. The topological polar surface area (TPSA) is 20.2 Å². The van der Waals surface area contributed by atoms with Gasteiger partial charge in [0.2, 0.25) is 0 Å². The number of halogens is 1. The second-order valence-corrected chi connectivity index (χ2v) is 0. The fraction of sp³-hybridized carbons (Fsp3) is 0. The van der Waals surface area contributed by atoms with Crippen molar-refractivity contribution in [1.82, 2.24) is 0 Å². The minimum Gasteiger partial charge on any atom is -1.00 e. The Labute approximate surface area is 98.6 Å². The Morgan fingerprint density at radius 1 is 1.40 bits per heavy atom. The van der Waals surface area contributed by atoms with Crippen molar-refractivity contribution < 1.29 is 27.4 Å². The van der Waals surface area contributed by atoms with Gasteiger partial charge in [-0.25, -0.2) is 0 Å². The van der Waals surface area contributed by atoms with E-state index in [4.69, 9.17) is 4.66 Å². The molecular formula is H5CaClFeMgO. The smallest absolute Gasteiger partial charge is 1.00 e. The second-order valence-electron chi connectivity index (χ2n) is 0. The van der Waals surface area contributed by atoms with Gasteiger partial charge in [0, 0.05) is 17.1 Å². The SMILES string of the molecule is OCl.[Ca+2].[Fe].[H-].[H-].[H-].[H-].[Mg+2]. The summed E-state index contributed by atoms with van der Waals surface area (Å²) in [5, 5.41) is 0. The van der Waals surface area contributed by atoms with Gasteiger partial charge in [0.1, 0.15) is 0 Å². The zero-order valence-electron chi connectivity index (χ0n) is 6.59. The molecule has 30 valence electrons. The van der Waals surface area contributed by atoms with Gasteiger partial charge in [0.05, 0.1) is 11.9 Å². The minimum absolute atomic E-state index is 0. The zero-order valence-corrected chi connectivity index (χ0v) is 8.08. The summed E-state index contributed by atoms with van der Waals surface area (Å²) in [4.78, 5) is 0. The molecule has 0 rings (SSSR count). The Balaban J connectivity index is -0.000000000238. The van der Waals surface area contributed by atoms with E-state index in [1.54, 1.807) is 0 Å². The van der Waals surface area contributed by atoms with Crippen LogP contribution in [0, 0.1) is 0 Å². The maximum absolute atomic E-state index is 6.47. The molecule has 0 heterocycles. The van der Waals surface area contributed by atoms with Gasteiger partial charge in [0.15, 0.2) is 0 Å². The van der Waals surface area contributed by atoms with Crippen molar-refractivity contribution in [2.45, 2.75) is 0 Å². The number of rotatable bonds is 0. The van der Waals surface area contributed by atoms with Crippen molar-refractivity contribution in [2.75, 3.05) is 0 Å². The van der Waals surface area contributed by atoms with E-state index in [-0.39, 0.29) is 83.6 Å². The van der Waals surface area contributed by atoms with Gasteiger partial charge in [0.25, 0.3) is 0 Å².